The summed E-state index contributed by atoms with van der Waals surface area (Å²) in [5, 5.41) is 4.24. The van der Waals surface area contributed by atoms with Crippen molar-refractivity contribution in [3.63, 3.8) is 0 Å². The molecule has 0 saturated heterocycles. The largest absolute Gasteiger partial charge is 0.416 e. The van der Waals surface area contributed by atoms with E-state index in [1.807, 2.05) is 18.7 Å². The average Bonchev–Trinajstić information content (AvgIpc) is 3.18. The molecule has 32 heavy (non-hydrogen) atoms. The molecule has 0 N–H and O–H groups in total. The summed E-state index contributed by atoms with van der Waals surface area (Å²) in [4.78, 5) is 18.6. The van der Waals surface area contributed by atoms with Gasteiger partial charge in [-0.25, -0.2) is 9.44 Å². The van der Waals surface area contributed by atoms with Crippen LogP contribution in [0.2, 0.25) is 5.02 Å². The van der Waals surface area contributed by atoms with Crippen molar-refractivity contribution >= 4 is 45.7 Å². The third-order valence-electron chi connectivity index (χ3n) is 4.98. The molecule has 1 aromatic carbocycles. The zero-order valence-electron chi connectivity index (χ0n) is 17.3. The van der Waals surface area contributed by atoms with E-state index in [4.69, 9.17) is 11.6 Å². The van der Waals surface area contributed by atoms with Gasteiger partial charge in [0.05, 0.1) is 42.4 Å². The highest BCUT2D eigenvalue weighted by molar-refractivity contribution is 14.2. The van der Waals surface area contributed by atoms with E-state index in [1.165, 1.54) is 16.6 Å². The second-order valence-electron chi connectivity index (χ2n) is 6.74. The Balaban J connectivity index is 0.00000141. The molecule has 0 radical (unpaired) electrons. The molecule has 4 rings (SSSR count). The fourth-order valence-electron chi connectivity index (χ4n) is 3.53. The number of benzene rings is 1. The summed E-state index contributed by atoms with van der Waals surface area (Å²) in [6, 6.07) is 5.56. The Morgan fingerprint density at radius 1 is 1.25 bits per heavy atom. The van der Waals surface area contributed by atoms with Gasteiger partial charge in [0.1, 0.15) is 5.02 Å². The first kappa shape index (κ1) is 25.0. The maximum atomic E-state index is 13.3. The predicted molar refractivity (Wildman–Crippen MR) is 130 cm³/mol. The highest BCUT2D eigenvalue weighted by Gasteiger charge is 2.33. The smallest absolute Gasteiger partial charge is 0.362 e. The molecule has 0 amide bonds. The molecular weight excluding hydrogens is 577 g/mol. The number of aromatic nitrogens is 4. The van der Waals surface area contributed by atoms with Crippen molar-refractivity contribution < 1.29 is 13.2 Å². The molecule has 1 aliphatic rings. The zero-order valence-corrected chi connectivity index (χ0v) is 21.2. The van der Waals surface area contributed by atoms with Crippen LogP contribution in [-0.2, 0) is 25.7 Å². The van der Waals surface area contributed by atoms with Crippen LogP contribution in [0.25, 0.3) is 0 Å². The van der Waals surface area contributed by atoms with Gasteiger partial charge in [0.2, 0.25) is 0 Å². The molecule has 3 heterocycles. The fraction of sp³-hybridized carbons (Fsp3) is 0.350. The second kappa shape index (κ2) is 10.5. The number of alkyl halides is 3. The summed E-state index contributed by atoms with van der Waals surface area (Å²) in [5.74, 6) is 0. The lowest BCUT2D eigenvalue weighted by Crippen LogP contribution is -2.33. The normalized spacial score (nSPS) is 13.8. The maximum absolute atomic E-state index is 13.3. The summed E-state index contributed by atoms with van der Waals surface area (Å²) in [6.07, 6.45) is -0.558. The average molecular weight is 598 g/mol. The van der Waals surface area contributed by atoms with Crippen molar-refractivity contribution in [1.82, 2.24) is 19.1 Å². The van der Waals surface area contributed by atoms with Gasteiger partial charge in [-0.3, -0.25) is 4.79 Å². The Hall–Kier alpha value is -1.65. The van der Waals surface area contributed by atoms with Crippen LogP contribution in [0.5, 0.6) is 0 Å². The van der Waals surface area contributed by atoms with Crippen molar-refractivity contribution in [2.24, 2.45) is 0 Å². The van der Waals surface area contributed by atoms with Gasteiger partial charge in [0, 0.05) is 25.2 Å². The molecule has 3 aromatic rings. The van der Waals surface area contributed by atoms with E-state index in [0.717, 1.165) is 17.5 Å². The summed E-state index contributed by atoms with van der Waals surface area (Å²) in [6.45, 7) is 5.05. The van der Waals surface area contributed by atoms with Crippen molar-refractivity contribution in [2.75, 3.05) is 11.4 Å². The van der Waals surface area contributed by atoms with Crippen molar-refractivity contribution in [3.05, 3.63) is 74.7 Å². The standard InChI is InChI=1S/C18H15ClF3IN5OP.C2H6/c19-16-15(7-25-28(30-23)17(16)29)26-6-5-14-13(9-26)24-10-27(14)8-11-3-1-2-4-12(11)18(20,21)22;1-2/h1-4,7,10,30H,5-6,8-9H2;1-2H3. The van der Waals surface area contributed by atoms with Crippen LogP contribution < -0.4 is 10.5 Å². The summed E-state index contributed by atoms with van der Waals surface area (Å²) >= 11 is 8.32. The van der Waals surface area contributed by atoms with Crippen molar-refractivity contribution in [2.45, 2.75) is 39.5 Å². The molecule has 12 heteroatoms. The fourth-order valence-corrected chi connectivity index (χ4v) is 5.18. The monoisotopic (exact) mass is 597 g/mol. The Labute approximate surface area is 203 Å². The van der Waals surface area contributed by atoms with E-state index in [2.05, 4.69) is 32.1 Å². The lowest BCUT2D eigenvalue weighted by molar-refractivity contribution is -0.138. The minimum absolute atomic E-state index is 0.0902. The van der Waals surface area contributed by atoms with E-state index in [9.17, 15) is 18.0 Å². The van der Waals surface area contributed by atoms with Gasteiger partial charge in [0.25, 0.3) is 5.56 Å². The van der Waals surface area contributed by atoms with Gasteiger partial charge in [-0.05, 0) is 33.7 Å². The molecule has 172 valence electrons. The van der Waals surface area contributed by atoms with Crippen LogP contribution >= 0.6 is 40.0 Å². The molecule has 1 unspecified atom stereocenters. The molecule has 1 aliphatic heterocycles. The van der Waals surface area contributed by atoms with Gasteiger partial charge >= 0.3 is 6.18 Å². The minimum atomic E-state index is -4.41. The van der Waals surface area contributed by atoms with Gasteiger partial charge in [-0.15, -0.1) is 0 Å². The molecule has 6 nitrogen and oxygen atoms in total. The van der Waals surface area contributed by atoms with E-state index >= 15 is 0 Å². The topological polar surface area (TPSA) is 56.0 Å². The van der Waals surface area contributed by atoms with Crippen LogP contribution in [-0.4, -0.2) is 25.6 Å². The highest BCUT2D eigenvalue weighted by atomic mass is 127. The molecule has 0 fully saturated rings. The number of fused-ring (bicyclic) bond motifs is 1. The predicted octanol–water partition coefficient (Wildman–Crippen LogP) is 5.54. The SMILES string of the molecule is CC.O=c1c(Cl)c(N2CCc3c(ncn3Cc3ccccc3C(F)(F)F)C2)cnn1PI. The van der Waals surface area contributed by atoms with Gasteiger partial charge in [-0.1, -0.05) is 43.6 Å². The molecule has 0 bridgehead atoms. The number of hydrogen-bond donors (Lipinski definition) is 0. The maximum Gasteiger partial charge on any atom is 0.416 e. The first-order valence-electron chi connectivity index (χ1n) is 9.87. The quantitative estimate of drug-likeness (QED) is 0.293. The van der Waals surface area contributed by atoms with E-state index in [0.29, 0.717) is 25.2 Å². The van der Waals surface area contributed by atoms with Crippen LogP contribution in [0, 0.1) is 0 Å². The summed E-state index contributed by atoms with van der Waals surface area (Å²) < 4.78 is 43.0. The number of hydrogen-bond acceptors (Lipinski definition) is 4. The first-order valence-corrected chi connectivity index (χ1v) is 14.3. The molecule has 1 atom stereocenters. The minimum Gasteiger partial charge on any atom is -0.362 e. The van der Waals surface area contributed by atoms with Crippen LogP contribution in [0.4, 0.5) is 18.9 Å². The second-order valence-corrected chi connectivity index (χ2v) is 9.16. The Morgan fingerprint density at radius 2 is 1.97 bits per heavy atom. The molecule has 0 saturated carbocycles. The number of rotatable bonds is 4. The van der Waals surface area contributed by atoms with Gasteiger partial charge in [-0.2, -0.15) is 18.3 Å². The summed E-state index contributed by atoms with van der Waals surface area (Å²) in [5.41, 5.74) is 1.38. The number of anilines is 1. The number of nitrogens with zero attached hydrogens (tertiary/aromatic N) is 5. The van der Waals surface area contributed by atoms with Crippen LogP contribution in [0.1, 0.15) is 36.4 Å². The molecule has 0 spiro atoms. The molecule has 0 aliphatic carbocycles. The van der Waals surface area contributed by atoms with Crippen molar-refractivity contribution in [3.8, 4) is 0 Å². The van der Waals surface area contributed by atoms with Gasteiger partial charge in [0.15, 0.2) is 0 Å². The number of halogens is 5. The number of imidazole rings is 1. The van der Waals surface area contributed by atoms with Crippen LogP contribution in [0.3, 0.4) is 0 Å². The van der Waals surface area contributed by atoms with E-state index < -0.39 is 11.7 Å². The highest BCUT2D eigenvalue weighted by Crippen LogP contribution is 2.33. The first-order chi connectivity index (χ1) is 15.3. The van der Waals surface area contributed by atoms with E-state index in [1.54, 1.807) is 23.2 Å². The summed E-state index contributed by atoms with van der Waals surface area (Å²) in [7, 11) is 0. The van der Waals surface area contributed by atoms with Gasteiger partial charge < -0.3 is 9.47 Å². The third kappa shape index (κ3) is 5.12. The molecule has 2 aromatic heterocycles. The third-order valence-corrected chi connectivity index (χ3v) is 7.18. The van der Waals surface area contributed by atoms with Crippen LogP contribution in [0.15, 0.2) is 41.6 Å². The lowest BCUT2D eigenvalue weighted by atomic mass is 10.1. The van der Waals surface area contributed by atoms with Crippen molar-refractivity contribution in [1.29, 1.82) is 0 Å². The van der Waals surface area contributed by atoms with E-state index in [-0.39, 0.29) is 29.1 Å². The lowest BCUT2D eigenvalue weighted by Gasteiger charge is -2.29. The Bertz CT molecular complexity index is 1150. The zero-order chi connectivity index (χ0) is 23.5. The Morgan fingerprint density at radius 3 is 2.66 bits per heavy atom. The molecular formula is C20H21ClF3IN5OP. The Kier molecular flexibility index (Phi) is 8.21.